The minimum atomic E-state index is 0.775. The number of nitrogens with one attached hydrogen (secondary N) is 1. The Kier molecular flexibility index (Phi) is 3.51. The third-order valence-corrected chi connectivity index (χ3v) is 2.64. The lowest BCUT2D eigenvalue weighted by Gasteiger charge is -2.06. The van der Waals surface area contributed by atoms with Crippen molar-refractivity contribution < 1.29 is 0 Å². The van der Waals surface area contributed by atoms with E-state index >= 15 is 0 Å². The standard InChI is InChI=1S/C10H12BrN5/c1-8-4-15-16(6-8)3-2-13-10-9(11)5-12-7-14-10/h4-7H,2-3H2,1H3,(H,12,13,14). The summed E-state index contributed by atoms with van der Waals surface area (Å²) in [7, 11) is 0. The number of aromatic nitrogens is 4. The zero-order chi connectivity index (χ0) is 11.4. The van der Waals surface area contributed by atoms with E-state index in [1.54, 1.807) is 6.20 Å². The van der Waals surface area contributed by atoms with Crippen molar-refractivity contribution in [2.75, 3.05) is 11.9 Å². The van der Waals surface area contributed by atoms with Crippen molar-refractivity contribution in [1.29, 1.82) is 0 Å². The highest BCUT2D eigenvalue weighted by Gasteiger charge is 1.99. The van der Waals surface area contributed by atoms with Crippen molar-refractivity contribution in [1.82, 2.24) is 19.7 Å². The van der Waals surface area contributed by atoms with Gasteiger partial charge in [-0.05, 0) is 28.4 Å². The molecule has 2 aromatic heterocycles. The molecule has 16 heavy (non-hydrogen) atoms. The van der Waals surface area contributed by atoms with Gasteiger partial charge in [0.15, 0.2) is 0 Å². The Morgan fingerprint density at radius 3 is 3.00 bits per heavy atom. The largest absolute Gasteiger partial charge is 0.367 e. The summed E-state index contributed by atoms with van der Waals surface area (Å²) >= 11 is 3.38. The van der Waals surface area contributed by atoms with Gasteiger partial charge in [-0.2, -0.15) is 5.10 Å². The van der Waals surface area contributed by atoms with E-state index in [2.05, 4.69) is 36.3 Å². The van der Waals surface area contributed by atoms with Gasteiger partial charge in [0.1, 0.15) is 12.1 Å². The molecule has 0 amide bonds. The van der Waals surface area contributed by atoms with Crippen molar-refractivity contribution in [3.63, 3.8) is 0 Å². The Hall–Kier alpha value is -1.43. The van der Waals surface area contributed by atoms with Gasteiger partial charge in [-0.1, -0.05) is 0 Å². The highest BCUT2D eigenvalue weighted by atomic mass is 79.9. The number of anilines is 1. The lowest BCUT2D eigenvalue weighted by molar-refractivity contribution is 0.636. The van der Waals surface area contributed by atoms with Crippen LogP contribution in [0.25, 0.3) is 0 Å². The summed E-state index contributed by atoms with van der Waals surface area (Å²) in [5, 5.41) is 7.41. The molecule has 0 fully saturated rings. The van der Waals surface area contributed by atoms with Gasteiger partial charge < -0.3 is 5.32 Å². The van der Waals surface area contributed by atoms with E-state index < -0.39 is 0 Å². The molecule has 0 spiro atoms. The molecule has 84 valence electrons. The highest BCUT2D eigenvalue weighted by Crippen LogP contribution is 2.16. The van der Waals surface area contributed by atoms with Crippen LogP contribution in [-0.4, -0.2) is 26.3 Å². The van der Waals surface area contributed by atoms with Crippen LogP contribution in [0.1, 0.15) is 5.56 Å². The van der Waals surface area contributed by atoms with Gasteiger partial charge in [0, 0.05) is 18.9 Å². The first-order valence-electron chi connectivity index (χ1n) is 4.94. The van der Waals surface area contributed by atoms with Gasteiger partial charge in [-0.15, -0.1) is 0 Å². The third kappa shape index (κ3) is 2.79. The second-order valence-corrected chi connectivity index (χ2v) is 4.28. The van der Waals surface area contributed by atoms with Crippen LogP contribution >= 0.6 is 15.9 Å². The van der Waals surface area contributed by atoms with Crippen molar-refractivity contribution >= 4 is 21.7 Å². The minimum absolute atomic E-state index is 0.775. The summed E-state index contributed by atoms with van der Waals surface area (Å²) in [6.07, 6.45) is 7.09. The molecule has 0 radical (unpaired) electrons. The average Bonchev–Trinajstić information content (AvgIpc) is 2.67. The van der Waals surface area contributed by atoms with Gasteiger partial charge >= 0.3 is 0 Å². The molecule has 2 aromatic rings. The zero-order valence-electron chi connectivity index (χ0n) is 8.89. The Balaban J connectivity index is 1.87. The molecule has 2 rings (SSSR count). The number of hydrogen-bond donors (Lipinski definition) is 1. The second kappa shape index (κ2) is 5.07. The first-order chi connectivity index (χ1) is 7.75. The van der Waals surface area contributed by atoms with E-state index in [4.69, 9.17) is 0 Å². The molecule has 0 aliphatic heterocycles. The molecule has 0 aromatic carbocycles. The van der Waals surface area contributed by atoms with Crippen LogP contribution in [0.2, 0.25) is 0 Å². The predicted molar refractivity (Wildman–Crippen MR) is 65.2 cm³/mol. The fraction of sp³-hybridized carbons (Fsp3) is 0.300. The van der Waals surface area contributed by atoms with Crippen LogP contribution < -0.4 is 5.32 Å². The van der Waals surface area contributed by atoms with Crippen molar-refractivity contribution in [2.24, 2.45) is 0 Å². The first-order valence-corrected chi connectivity index (χ1v) is 5.73. The summed E-state index contributed by atoms with van der Waals surface area (Å²) in [6.45, 7) is 3.61. The molecular weight excluding hydrogens is 270 g/mol. The fourth-order valence-electron chi connectivity index (χ4n) is 1.32. The summed E-state index contributed by atoms with van der Waals surface area (Å²) in [5.41, 5.74) is 1.17. The van der Waals surface area contributed by atoms with Crippen LogP contribution in [0.3, 0.4) is 0 Å². The van der Waals surface area contributed by atoms with Crippen LogP contribution in [0.5, 0.6) is 0 Å². The molecule has 0 atom stereocenters. The number of halogens is 1. The molecule has 0 unspecified atom stereocenters. The maximum atomic E-state index is 4.20. The Labute approximate surface area is 102 Å². The summed E-state index contributed by atoms with van der Waals surface area (Å²) < 4.78 is 2.77. The molecule has 5 nitrogen and oxygen atoms in total. The van der Waals surface area contributed by atoms with E-state index in [0.29, 0.717) is 0 Å². The van der Waals surface area contributed by atoms with Crippen molar-refractivity contribution in [2.45, 2.75) is 13.5 Å². The molecule has 1 N–H and O–H groups in total. The second-order valence-electron chi connectivity index (χ2n) is 3.43. The maximum absolute atomic E-state index is 4.20. The predicted octanol–water partition coefficient (Wildman–Crippen LogP) is 1.86. The highest BCUT2D eigenvalue weighted by molar-refractivity contribution is 9.10. The summed E-state index contributed by atoms with van der Waals surface area (Å²) in [6, 6.07) is 0. The number of hydrogen-bond acceptors (Lipinski definition) is 4. The molecule has 0 bridgehead atoms. The van der Waals surface area contributed by atoms with Crippen LogP contribution in [-0.2, 0) is 6.54 Å². The van der Waals surface area contributed by atoms with E-state index in [1.165, 1.54) is 11.9 Å². The van der Waals surface area contributed by atoms with E-state index in [-0.39, 0.29) is 0 Å². The van der Waals surface area contributed by atoms with Crippen molar-refractivity contribution in [3.8, 4) is 0 Å². The first kappa shape index (κ1) is 11.1. The Morgan fingerprint density at radius 2 is 2.31 bits per heavy atom. The zero-order valence-corrected chi connectivity index (χ0v) is 10.5. The maximum Gasteiger partial charge on any atom is 0.143 e. The number of aryl methyl sites for hydroxylation is 1. The van der Waals surface area contributed by atoms with Gasteiger partial charge in [0.2, 0.25) is 0 Å². The van der Waals surface area contributed by atoms with Crippen LogP contribution in [0.15, 0.2) is 29.4 Å². The monoisotopic (exact) mass is 281 g/mol. The minimum Gasteiger partial charge on any atom is -0.367 e. The average molecular weight is 282 g/mol. The quantitative estimate of drug-likeness (QED) is 0.930. The normalized spacial score (nSPS) is 10.4. The lowest BCUT2D eigenvalue weighted by Crippen LogP contribution is -2.12. The van der Waals surface area contributed by atoms with Gasteiger partial charge in [0.25, 0.3) is 0 Å². The molecule has 0 aliphatic carbocycles. The Bertz CT molecular complexity index is 468. The fourth-order valence-corrected chi connectivity index (χ4v) is 1.68. The number of rotatable bonds is 4. The van der Waals surface area contributed by atoms with Crippen LogP contribution in [0, 0.1) is 6.92 Å². The van der Waals surface area contributed by atoms with Crippen molar-refractivity contribution in [3.05, 3.63) is 35.0 Å². The van der Waals surface area contributed by atoms with E-state index in [0.717, 1.165) is 23.4 Å². The van der Waals surface area contributed by atoms with Crippen LogP contribution in [0.4, 0.5) is 5.82 Å². The summed E-state index contributed by atoms with van der Waals surface area (Å²) in [4.78, 5) is 8.01. The van der Waals surface area contributed by atoms with Gasteiger partial charge in [0.05, 0.1) is 17.2 Å². The third-order valence-electron chi connectivity index (χ3n) is 2.06. The van der Waals surface area contributed by atoms with E-state index in [9.17, 15) is 0 Å². The number of nitrogens with zero attached hydrogens (tertiary/aromatic N) is 4. The Morgan fingerprint density at radius 1 is 1.44 bits per heavy atom. The molecule has 6 heteroatoms. The molecule has 0 aliphatic rings. The van der Waals surface area contributed by atoms with Gasteiger partial charge in [-0.25, -0.2) is 9.97 Å². The smallest absolute Gasteiger partial charge is 0.143 e. The SMILES string of the molecule is Cc1cnn(CCNc2ncncc2Br)c1. The molecule has 0 saturated carbocycles. The summed E-state index contributed by atoms with van der Waals surface area (Å²) in [5.74, 6) is 0.805. The van der Waals surface area contributed by atoms with Gasteiger partial charge in [-0.3, -0.25) is 4.68 Å². The van der Waals surface area contributed by atoms with E-state index in [1.807, 2.05) is 24.0 Å². The molecular formula is C10H12BrN5. The lowest BCUT2D eigenvalue weighted by atomic mass is 10.4. The molecule has 2 heterocycles. The topological polar surface area (TPSA) is 55.6 Å². The molecule has 0 saturated heterocycles.